The van der Waals surface area contributed by atoms with Gasteiger partial charge in [0.25, 0.3) is 0 Å². The van der Waals surface area contributed by atoms with Gasteiger partial charge < -0.3 is 4.74 Å². The molecule has 0 aromatic carbocycles. The number of Topliss-reactive ketones (excluding diaryl/α,β-unsaturated/α-hetero) is 1. The van der Waals surface area contributed by atoms with Crippen molar-refractivity contribution in [1.29, 1.82) is 0 Å². The molecule has 0 amide bonds. The van der Waals surface area contributed by atoms with Crippen LogP contribution in [0, 0.1) is 16.2 Å². The molecule has 0 aliphatic carbocycles. The number of ketones is 1. The van der Waals surface area contributed by atoms with Gasteiger partial charge in [-0.2, -0.15) is 0 Å². The third-order valence-corrected chi connectivity index (χ3v) is 3.27. The summed E-state index contributed by atoms with van der Waals surface area (Å²) < 4.78 is 5.23. The van der Waals surface area contributed by atoms with Crippen LogP contribution in [0.4, 0.5) is 0 Å². The number of carbonyl (C=O) groups excluding carboxylic acids is 1. The summed E-state index contributed by atoms with van der Waals surface area (Å²) in [4.78, 5) is 12.4. The second-order valence-electron chi connectivity index (χ2n) is 6.59. The zero-order valence-electron chi connectivity index (χ0n) is 11.5. The van der Waals surface area contributed by atoms with Gasteiger partial charge in [-0.05, 0) is 12.3 Å². The summed E-state index contributed by atoms with van der Waals surface area (Å²) in [5.74, 6) is 0.268. The molecule has 0 rings (SSSR count). The smallest absolute Gasteiger partial charge is 0.146 e. The van der Waals surface area contributed by atoms with Crippen molar-refractivity contribution in [1.82, 2.24) is 0 Å². The fourth-order valence-electron chi connectivity index (χ4n) is 1.74. The summed E-state index contributed by atoms with van der Waals surface area (Å²) >= 11 is 0. The van der Waals surface area contributed by atoms with Crippen molar-refractivity contribution in [3.8, 4) is 0 Å². The summed E-state index contributed by atoms with van der Waals surface area (Å²) in [5.41, 5.74) is -0.839. The van der Waals surface area contributed by atoms with E-state index in [9.17, 15) is 4.79 Å². The highest BCUT2D eigenvalue weighted by atomic mass is 16.5. The number of methoxy groups -OCH3 is 1. The monoisotopic (exact) mass is 214 g/mol. The van der Waals surface area contributed by atoms with Gasteiger partial charge in [-0.1, -0.05) is 41.5 Å². The highest BCUT2D eigenvalue weighted by Gasteiger charge is 2.47. The van der Waals surface area contributed by atoms with Gasteiger partial charge >= 0.3 is 0 Å². The Labute approximate surface area is 94.4 Å². The molecule has 2 nitrogen and oxygen atoms in total. The Balaban J connectivity index is 5.23. The van der Waals surface area contributed by atoms with Crippen LogP contribution >= 0.6 is 0 Å². The first kappa shape index (κ1) is 14.6. The first-order chi connectivity index (χ1) is 6.47. The fraction of sp³-hybridized carbons (Fsp3) is 0.923. The largest absolute Gasteiger partial charge is 0.384 e. The minimum absolute atomic E-state index is 0.0899. The predicted octanol–water partition coefficient (Wildman–Crippen LogP) is 3.30. The van der Waals surface area contributed by atoms with Crippen LogP contribution in [-0.2, 0) is 9.53 Å². The predicted molar refractivity (Wildman–Crippen MR) is 63.9 cm³/mol. The first-order valence-electron chi connectivity index (χ1n) is 5.50. The van der Waals surface area contributed by atoms with Crippen molar-refractivity contribution in [3.05, 3.63) is 0 Å². The van der Waals surface area contributed by atoms with Crippen molar-refractivity contribution in [2.24, 2.45) is 16.2 Å². The summed E-state index contributed by atoms with van der Waals surface area (Å²) in [7, 11) is 1.65. The Morgan fingerprint density at radius 3 is 1.60 bits per heavy atom. The lowest BCUT2D eigenvalue weighted by Gasteiger charge is -2.43. The number of carbonyl (C=O) groups is 1. The molecule has 0 saturated carbocycles. The van der Waals surface area contributed by atoms with E-state index in [1.807, 2.05) is 27.7 Å². The fourth-order valence-corrected chi connectivity index (χ4v) is 1.74. The van der Waals surface area contributed by atoms with Gasteiger partial charge in [-0.3, -0.25) is 4.79 Å². The van der Waals surface area contributed by atoms with Crippen LogP contribution < -0.4 is 0 Å². The molecule has 0 aromatic rings. The minimum atomic E-state index is -0.431. The molecule has 0 spiro atoms. The van der Waals surface area contributed by atoms with Crippen molar-refractivity contribution in [2.75, 3.05) is 13.7 Å². The van der Waals surface area contributed by atoms with Crippen LogP contribution in [0.15, 0.2) is 0 Å². The molecule has 0 N–H and O–H groups in total. The molecule has 0 radical (unpaired) electrons. The van der Waals surface area contributed by atoms with Crippen molar-refractivity contribution in [3.63, 3.8) is 0 Å². The molecule has 2 heteroatoms. The zero-order valence-corrected chi connectivity index (χ0v) is 11.5. The van der Waals surface area contributed by atoms with Crippen molar-refractivity contribution in [2.45, 2.75) is 48.5 Å². The summed E-state index contributed by atoms with van der Waals surface area (Å²) in [6.45, 7) is 14.7. The first-order valence-corrected chi connectivity index (χ1v) is 5.50. The topological polar surface area (TPSA) is 26.3 Å². The molecule has 0 bridgehead atoms. The van der Waals surface area contributed by atoms with Gasteiger partial charge in [-0.25, -0.2) is 0 Å². The Bertz CT molecular complexity index is 230. The van der Waals surface area contributed by atoms with Gasteiger partial charge in [-0.15, -0.1) is 0 Å². The molecule has 0 aromatic heterocycles. The summed E-state index contributed by atoms with van der Waals surface area (Å²) in [6.07, 6.45) is 0. The lowest BCUT2D eigenvalue weighted by molar-refractivity contribution is -0.146. The number of rotatable bonds is 3. The third kappa shape index (κ3) is 3.04. The van der Waals surface area contributed by atoms with Gasteiger partial charge in [0.05, 0.1) is 12.0 Å². The van der Waals surface area contributed by atoms with E-state index in [1.54, 1.807) is 7.11 Å². The van der Waals surface area contributed by atoms with E-state index in [0.717, 1.165) is 0 Å². The highest BCUT2D eigenvalue weighted by molar-refractivity contribution is 5.89. The number of hydrogen-bond acceptors (Lipinski definition) is 2. The molecule has 0 aliphatic rings. The zero-order chi connectivity index (χ0) is 12.5. The van der Waals surface area contributed by atoms with Gasteiger partial charge in [0.1, 0.15) is 5.78 Å². The van der Waals surface area contributed by atoms with Crippen LogP contribution in [0.1, 0.15) is 48.5 Å². The minimum Gasteiger partial charge on any atom is -0.384 e. The van der Waals surface area contributed by atoms with Crippen LogP contribution in [0.25, 0.3) is 0 Å². The third-order valence-electron chi connectivity index (χ3n) is 3.27. The van der Waals surface area contributed by atoms with Gasteiger partial charge in [0.2, 0.25) is 0 Å². The van der Waals surface area contributed by atoms with Crippen LogP contribution in [0.2, 0.25) is 0 Å². The van der Waals surface area contributed by atoms with Crippen molar-refractivity contribution >= 4 is 5.78 Å². The molecular weight excluding hydrogens is 188 g/mol. The Hall–Kier alpha value is -0.370. The maximum atomic E-state index is 12.4. The number of ether oxygens (including phenoxy) is 1. The van der Waals surface area contributed by atoms with E-state index in [2.05, 4.69) is 20.8 Å². The average molecular weight is 214 g/mol. The standard InChI is InChI=1S/C13H26O2/c1-11(2,3)10(14)13(7,9-15-8)12(4,5)6/h9H2,1-8H3/t13-/m0/s1. The maximum Gasteiger partial charge on any atom is 0.146 e. The van der Waals surface area contributed by atoms with Crippen LogP contribution in [0.3, 0.4) is 0 Å². The normalized spacial score (nSPS) is 17.3. The van der Waals surface area contributed by atoms with Crippen LogP contribution in [-0.4, -0.2) is 19.5 Å². The molecule has 0 aliphatic heterocycles. The van der Waals surface area contributed by atoms with Gasteiger partial charge in [0, 0.05) is 12.5 Å². The van der Waals surface area contributed by atoms with E-state index >= 15 is 0 Å². The highest BCUT2D eigenvalue weighted by Crippen LogP contribution is 2.43. The van der Waals surface area contributed by atoms with Crippen molar-refractivity contribution < 1.29 is 9.53 Å². The van der Waals surface area contributed by atoms with E-state index in [4.69, 9.17) is 4.74 Å². The molecule has 15 heavy (non-hydrogen) atoms. The number of hydrogen-bond donors (Lipinski definition) is 0. The molecule has 0 heterocycles. The van der Waals surface area contributed by atoms with E-state index < -0.39 is 5.41 Å². The molecule has 0 saturated heterocycles. The van der Waals surface area contributed by atoms with E-state index in [0.29, 0.717) is 6.61 Å². The molecule has 0 fully saturated rings. The second-order valence-corrected chi connectivity index (χ2v) is 6.59. The van der Waals surface area contributed by atoms with E-state index in [-0.39, 0.29) is 16.6 Å². The molecule has 1 atom stereocenters. The Morgan fingerprint density at radius 2 is 1.40 bits per heavy atom. The van der Waals surface area contributed by atoms with Crippen LogP contribution in [0.5, 0.6) is 0 Å². The average Bonchev–Trinajstić information content (AvgIpc) is 1.99. The molecule has 90 valence electrons. The molecular formula is C13H26O2. The Morgan fingerprint density at radius 1 is 1.00 bits per heavy atom. The quantitative estimate of drug-likeness (QED) is 0.720. The Kier molecular flexibility index (Phi) is 4.14. The van der Waals surface area contributed by atoms with E-state index in [1.165, 1.54) is 0 Å². The lowest BCUT2D eigenvalue weighted by Crippen LogP contribution is -2.48. The SMILES string of the molecule is COC[C@@](C)(C(=O)C(C)(C)C)C(C)(C)C. The maximum absolute atomic E-state index is 12.4. The summed E-state index contributed by atoms with van der Waals surface area (Å²) in [6, 6.07) is 0. The lowest BCUT2D eigenvalue weighted by atomic mass is 9.61. The van der Waals surface area contributed by atoms with Gasteiger partial charge in [0.15, 0.2) is 0 Å². The molecule has 0 unspecified atom stereocenters. The second kappa shape index (κ2) is 4.25. The summed E-state index contributed by atoms with van der Waals surface area (Å²) in [5, 5.41) is 0.